The molecule has 3 aromatic rings. The summed E-state index contributed by atoms with van der Waals surface area (Å²) in [6.45, 7) is -0.526. The molecule has 0 fully saturated rings. The number of esters is 1. The molecule has 1 N–H and O–H groups in total. The van der Waals surface area contributed by atoms with Gasteiger partial charge in [-0.2, -0.15) is 0 Å². The molecular weight excluding hydrogens is 398 g/mol. The van der Waals surface area contributed by atoms with Crippen LogP contribution in [0.3, 0.4) is 0 Å². The lowest BCUT2D eigenvalue weighted by atomic mass is 9.98. The predicted octanol–water partition coefficient (Wildman–Crippen LogP) is 3.73. The molecule has 0 radical (unpaired) electrons. The van der Waals surface area contributed by atoms with Crippen molar-refractivity contribution in [1.82, 2.24) is 0 Å². The first kappa shape index (κ1) is 21.6. The molecule has 0 spiro atoms. The number of rotatable bonds is 8. The molecule has 0 unspecified atom stereocenters. The normalized spacial score (nSPS) is 10.1. The molecule has 0 heterocycles. The summed E-state index contributed by atoms with van der Waals surface area (Å²) in [4.78, 5) is 37.6. The largest absolute Gasteiger partial charge is 0.497 e. The second kappa shape index (κ2) is 10.1. The summed E-state index contributed by atoms with van der Waals surface area (Å²) in [6.07, 6.45) is 0. The van der Waals surface area contributed by atoms with Crippen LogP contribution in [-0.4, -0.2) is 38.5 Å². The van der Waals surface area contributed by atoms with Crippen LogP contribution in [0.2, 0.25) is 0 Å². The van der Waals surface area contributed by atoms with E-state index in [1.807, 2.05) is 0 Å². The van der Waals surface area contributed by atoms with Crippen LogP contribution in [0.4, 0.5) is 5.69 Å². The van der Waals surface area contributed by atoms with Crippen LogP contribution in [0, 0.1) is 0 Å². The van der Waals surface area contributed by atoms with Crippen LogP contribution >= 0.6 is 0 Å². The van der Waals surface area contributed by atoms with Crippen LogP contribution < -0.4 is 14.8 Å². The van der Waals surface area contributed by atoms with Crippen LogP contribution in [0.5, 0.6) is 11.5 Å². The zero-order valence-corrected chi connectivity index (χ0v) is 17.1. The number of methoxy groups -OCH3 is 2. The molecule has 7 nitrogen and oxygen atoms in total. The van der Waals surface area contributed by atoms with Gasteiger partial charge >= 0.3 is 5.97 Å². The summed E-state index contributed by atoms with van der Waals surface area (Å²) < 4.78 is 15.5. The van der Waals surface area contributed by atoms with Gasteiger partial charge in [0.05, 0.1) is 25.5 Å². The molecule has 0 atom stereocenters. The van der Waals surface area contributed by atoms with Gasteiger partial charge in [0.25, 0.3) is 5.91 Å². The lowest BCUT2D eigenvalue weighted by Gasteiger charge is -2.12. The summed E-state index contributed by atoms with van der Waals surface area (Å²) >= 11 is 0. The SMILES string of the molecule is COc1ccc(NC(=O)COC(=O)c2ccccc2C(=O)c2ccccc2)c(OC)c1. The van der Waals surface area contributed by atoms with Crippen molar-refractivity contribution in [2.24, 2.45) is 0 Å². The summed E-state index contributed by atoms with van der Waals surface area (Å²) in [5.74, 6) is -0.653. The first-order valence-electron chi connectivity index (χ1n) is 9.41. The fraction of sp³-hybridized carbons (Fsp3) is 0.125. The number of benzene rings is 3. The Labute approximate surface area is 179 Å². The zero-order valence-electron chi connectivity index (χ0n) is 17.1. The van der Waals surface area contributed by atoms with Crippen molar-refractivity contribution in [2.75, 3.05) is 26.1 Å². The van der Waals surface area contributed by atoms with E-state index in [0.29, 0.717) is 22.7 Å². The van der Waals surface area contributed by atoms with Gasteiger partial charge in [-0.1, -0.05) is 48.5 Å². The van der Waals surface area contributed by atoms with Gasteiger partial charge in [-0.15, -0.1) is 0 Å². The van der Waals surface area contributed by atoms with Gasteiger partial charge < -0.3 is 19.5 Å². The van der Waals surface area contributed by atoms with Crippen LogP contribution in [0.25, 0.3) is 0 Å². The Balaban J connectivity index is 1.68. The van der Waals surface area contributed by atoms with Crippen molar-refractivity contribution < 1.29 is 28.6 Å². The fourth-order valence-corrected chi connectivity index (χ4v) is 2.90. The van der Waals surface area contributed by atoms with Gasteiger partial charge in [-0.05, 0) is 18.2 Å². The van der Waals surface area contributed by atoms with Gasteiger partial charge in [0, 0.05) is 17.2 Å². The van der Waals surface area contributed by atoms with E-state index in [9.17, 15) is 14.4 Å². The molecule has 0 saturated heterocycles. The number of hydrogen-bond acceptors (Lipinski definition) is 6. The maximum Gasteiger partial charge on any atom is 0.339 e. The third-order valence-corrected chi connectivity index (χ3v) is 4.44. The number of nitrogens with one attached hydrogen (secondary N) is 1. The van der Waals surface area contributed by atoms with E-state index in [1.54, 1.807) is 66.7 Å². The van der Waals surface area contributed by atoms with Gasteiger partial charge in [-0.3, -0.25) is 9.59 Å². The first-order valence-corrected chi connectivity index (χ1v) is 9.41. The zero-order chi connectivity index (χ0) is 22.2. The molecule has 7 heteroatoms. The highest BCUT2D eigenvalue weighted by atomic mass is 16.5. The number of carbonyl (C=O) groups excluding carboxylic acids is 3. The van der Waals surface area contributed by atoms with Crippen molar-refractivity contribution in [3.8, 4) is 11.5 Å². The maximum atomic E-state index is 12.8. The average molecular weight is 419 g/mol. The minimum atomic E-state index is -0.767. The van der Waals surface area contributed by atoms with Crippen molar-refractivity contribution >= 4 is 23.3 Å². The fourth-order valence-electron chi connectivity index (χ4n) is 2.90. The maximum absolute atomic E-state index is 12.8. The summed E-state index contributed by atoms with van der Waals surface area (Å²) in [5, 5.41) is 2.62. The highest BCUT2D eigenvalue weighted by Crippen LogP contribution is 2.29. The predicted molar refractivity (Wildman–Crippen MR) is 115 cm³/mol. The Hall–Kier alpha value is -4.13. The van der Waals surface area contributed by atoms with E-state index in [1.165, 1.54) is 20.3 Å². The number of ketones is 1. The standard InChI is InChI=1S/C24H21NO6/c1-29-17-12-13-20(21(14-17)30-2)25-22(26)15-31-24(28)19-11-7-6-10-18(19)23(27)16-8-4-3-5-9-16/h3-14H,15H2,1-2H3,(H,25,26). The third kappa shape index (κ3) is 5.27. The monoisotopic (exact) mass is 419 g/mol. The van der Waals surface area contributed by atoms with Crippen molar-refractivity contribution in [3.63, 3.8) is 0 Å². The Morgan fingerprint density at radius 2 is 1.48 bits per heavy atom. The molecule has 0 aromatic heterocycles. The number of ether oxygens (including phenoxy) is 3. The highest BCUT2D eigenvalue weighted by molar-refractivity contribution is 6.14. The minimum Gasteiger partial charge on any atom is -0.497 e. The second-order valence-corrected chi connectivity index (χ2v) is 6.43. The Bertz CT molecular complexity index is 1090. The second-order valence-electron chi connectivity index (χ2n) is 6.43. The van der Waals surface area contributed by atoms with Crippen LogP contribution in [-0.2, 0) is 9.53 Å². The molecule has 31 heavy (non-hydrogen) atoms. The van der Waals surface area contributed by atoms with Crippen LogP contribution in [0.15, 0.2) is 72.8 Å². The van der Waals surface area contributed by atoms with E-state index in [0.717, 1.165) is 0 Å². The van der Waals surface area contributed by atoms with E-state index in [4.69, 9.17) is 14.2 Å². The molecule has 0 aliphatic heterocycles. The van der Waals surface area contributed by atoms with E-state index >= 15 is 0 Å². The number of anilines is 1. The third-order valence-electron chi connectivity index (χ3n) is 4.44. The number of carbonyl (C=O) groups is 3. The smallest absolute Gasteiger partial charge is 0.339 e. The van der Waals surface area contributed by atoms with E-state index < -0.39 is 18.5 Å². The quantitative estimate of drug-likeness (QED) is 0.442. The summed E-state index contributed by atoms with van der Waals surface area (Å²) in [7, 11) is 2.98. The molecular formula is C24H21NO6. The number of amides is 1. The molecule has 3 aromatic carbocycles. The molecule has 0 aliphatic rings. The number of hydrogen-bond donors (Lipinski definition) is 1. The highest BCUT2D eigenvalue weighted by Gasteiger charge is 2.20. The van der Waals surface area contributed by atoms with E-state index in [2.05, 4.69) is 5.32 Å². The molecule has 0 saturated carbocycles. The Kier molecular flexibility index (Phi) is 7.01. The lowest BCUT2D eigenvalue weighted by molar-refractivity contribution is -0.119. The molecule has 0 aliphatic carbocycles. The van der Waals surface area contributed by atoms with Gasteiger partial charge in [0.2, 0.25) is 0 Å². The van der Waals surface area contributed by atoms with E-state index in [-0.39, 0.29) is 16.9 Å². The topological polar surface area (TPSA) is 90.9 Å². The van der Waals surface area contributed by atoms with Gasteiger partial charge in [-0.25, -0.2) is 4.79 Å². The molecule has 158 valence electrons. The van der Waals surface area contributed by atoms with Gasteiger partial charge in [0.1, 0.15) is 11.5 Å². The molecule has 1 amide bonds. The van der Waals surface area contributed by atoms with Crippen molar-refractivity contribution in [3.05, 3.63) is 89.5 Å². The summed E-state index contributed by atoms with van der Waals surface area (Å²) in [6, 6.07) is 19.8. The minimum absolute atomic E-state index is 0.0891. The van der Waals surface area contributed by atoms with Crippen LogP contribution in [0.1, 0.15) is 26.3 Å². The Morgan fingerprint density at radius 3 is 2.16 bits per heavy atom. The summed E-state index contributed by atoms with van der Waals surface area (Å²) in [5.41, 5.74) is 1.15. The first-order chi connectivity index (χ1) is 15.0. The van der Waals surface area contributed by atoms with Gasteiger partial charge in [0.15, 0.2) is 12.4 Å². The van der Waals surface area contributed by atoms with Crippen molar-refractivity contribution in [2.45, 2.75) is 0 Å². The molecule has 0 bridgehead atoms. The Morgan fingerprint density at radius 1 is 0.806 bits per heavy atom. The average Bonchev–Trinajstić information content (AvgIpc) is 2.82. The van der Waals surface area contributed by atoms with Crippen molar-refractivity contribution in [1.29, 1.82) is 0 Å². The molecule has 3 rings (SSSR count). The lowest BCUT2D eigenvalue weighted by Crippen LogP contribution is -2.22.